The Morgan fingerprint density at radius 3 is 2.62 bits per heavy atom. The Kier molecular flexibility index (Phi) is 7.34. The van der Waals surface area contributed by atoms with Crippen molar-refractivity contribution in [1.82, 2.24) is 20.0 Å². The lowest BCUT2D eigenvalue weighted by atomic mass is 9.89. The fraction of sp³-hybridized carbons (Fsp3) is 0.529. The number of amides is 1. The fourth-order valence-electron chi connectivity index (χ4n) is 3.75. The minimum atomic E-state index is 0. The number of nitrogens with one attached hydrogen (secondary N) is 1. The first-order valence-corrected chi connectivity index (χ1v) is 9.37. The van der Waals surface area contributed by atoms with Gasteiger partial charge in [0.15, 0.2) is 0 Å². The average Bonchev–Trinajstić information content (AvgIpc) is 3.35. The number of halogens is 2. The molecule has 2 aromatic heterocycles. The Labute approximate surface area is 170 Å². The SMILES string of the molecule is Cl.Cl.Cn1cc([C@H]2CNC[C@@H]2C(=O)N2CCN(c3cccs3)CC2)cn1. The summed E-state index contributed by atoms with van der Waals surface area (Å²) in [4.78, 5) is 17.4. The summed E-state index contributed by atoms with van der Waals surface area (Å²) in [5, 5.41) is 11.1. The predicted molar refractivity (Wildman–Crippen MR) is 110 cm³/mol. The molecule has 0 spiro atoms. The van der Waals surface area contributed by atoms with Gasteiger partial charge >= 0.3 is 0 Å². The summed E-state index contributed by atoms with van der Waals surface area (Å²) in [6.07, 6.45) is 3.93. The molecule has 26 heavy (non-hydrogen) atoms. The predicted octanol–water partition coefficient (Wildman–Crippen LogP) is 1.98. The van der Waals surface area contributed by atoms with E-state index in [1.807, 2.05) is 29.0 Å². The molecule has 2 aromatic rings. The summed E-state index contributed by atoms with van der Waals surface area (Å²) in [6, 6.07) is 4.24. The Bertz CT molecular complexity index is 700. The lowest BCUT2D eigenvalue weighted by Gasteiger charge is -2.37. The van der Waals surface area contributed by atoms with Gasteiger partial charge in [0.1, 0.15) is 0 Å². The fourth-order valence-corrected chi connectivity index (χ4v) is 4.54. The minimum Gasteiger partial charge on any atom is -0.360 e. The van der Waals surface area contributed by atoms with Crippen LogP contribution in [0.3, 0.4) is 0 Å². The average molecular weight is 418 g/mol. The van der Waals surface area contributed by atoms with Gasteiger partial charge in [-0.2, -0.15) is 5.10 Å². The molecule has 4 rings (SSSR count). The minimum absolute atomic E-state index is 0. The summed E-state index contributed by atoms with van der Waals surface area (Å²) in [6.45, 7) is 5.09. The van der Waals surface area contributed by atoms with Crippen molar-refractivity contribution in [3.05, 3.63) is 35.5 Å². The molecule has 0 bridgehead atoms. The Hall–Kier alpha value is -1.28. The van der Waals surface area contributed by atoms with Crippen molar-refractivity contribution < 1.29 is 4.79 Å². The second-order valence-corrected chi connectivity index (χ2v) is 7.51. The highest BCUT2D eigenvalue weighted by Gasteiger charge is 2.37. The molecule has 2 atom stereocenters. The van der Waals surface area contributed by atoms with E-state index in [0.717, 1.165) is 44.8 Å². The van der Waals surface area contributed by atoms with E-state index in [1.165, 1.54) is 5.00 Å². The van der Waals surface area contributed by atoms with Gasteiger partial charge in [0.25, 0.3) is 0 Å². The van der Waals surface area contributed by atoms with Crippen molar-refractivity contribution in [3.8, 4) is 0 Å². The molecule has 1 amide bonds. The van der Waals surface area contributed by atoms with E-state index < -0.39 is 0 Å². The number of hydrogen-bond acceptors (Lipinski definition) is 5. The van der Waals surface area contributed by atoms with Crippen molar-refractivity contribution in [3.63, 3.8) is 0 Å². The molecule has 2 aliphatic rings. The van der Waals surface area contributed by atoms with Crippen LogP contribution >= 0.6 is 36.2 Å². The number of piperazine rings is 1. The zero-order valence-corrected chi connectivity index (χ0v) is 17.2. The van der Waals surface area contributed by atoms with Crippen LogP contribution < -0.4 is 10.2 Å². The second kappa shape index (κ2) is 9.08. The van der Waals surface area contributed by atoms with Crippen LogP contribution in [0.4, 0.5) is 5.00 Å². The van der Waals surface area contributed by atoms with Crippen molar-refractivity contribution in [2.45, 2.75) is 5.92 Å². The maximum Gasteiger partial charge on any atom is 0.227 e. The molecular weight excluding hydrogens is 393 g/mol. The number of carbonyl (C=O) groups excluding carboxylic acids is 1. The van der Waals surface area contributed by atoms with Crippen LogP contribution in [0.2, 0.25) is 0 Å². The lowest BCUT2D eigenvalue weighted by Crippen LogP contribution is -2.51. The van der Waals surface area contributed by atoms with E-state index in [-0.39, 0.29) is 36.6 Å². The number of aromatic nitrogens is 2. The quantitative estimate of drug-likeness (QED) is 0.829. The molecule has 2 fully saturated rings. The van der Waals surface area contributed by atoms with Gasteiger partial charge in [-0.3, -0.25) is 9.48 Å². The summed E-state index contributed by atoms with van der Waals surface area (Å²) in [5.74, 6) is 0.559. The monoisotopic (exact) mass is 417 g/mol. The van der Waals surface area contributed by atoms with Gasteiger partial charge in [0.05, 0.1) is 17.1 Å². The summed E-state index contributed by atoms with van der Waals surface area (Å²) in [7, 11) is 1.92. The number of anilines is 1. The maximum atomic E-state index is 13.0. The van der Waals surface area contributed by atoms with Crippen molar-refractivity contribution in [2.75, 3.05) is 44.2 Å². The van der Waals surface area contributed by atoms with E-state index in [1.54, 1.807) is 11.3 Å². The molecule has 1 N–H and O–H groups in total. The van der Waals surface area contributed by atoms with Crippen LogP contribution in [0, 0.1) is 5.92 Å². The van der Waals surface area contributed by atoms with Crippen LogP contribution in [-0.4, -0.2) is 59.9 Å². The molecule has 2 saturated heterocycles. The first-order chi connectivity index (χ1) is 11.7. The third-order valence-electron chi connectivity index (χ3n) is 5.09. The Morgan fingerprint density at radius 2 is 2.00 bits per heavy atom. The smallest absolute Gasteiger partial charge is 0.227 e. The molecule has 0 aliphatic carbocycles. The molecule has 4 heterocycles. The van der Waals surface area contributed by atoms with E-state index in [2.05, 4.69) is 32.8 Å². The Morgan fingerprint density at radius 1 is 1.23 bits per heavy atom. The molecule has 0 saturated carbocycles. The highest BCUT2D eigenvalue weighted by molar-refractivity contribution is 7.14. The second-order valence-electron chi connectivity index (χ2n) is 6.58. The van der Waals surface area contributed by atoms with Gasteiger partial charge < -0.3 is 15.1 Å². The molecule has 9 heteroatoms. The largest absolute Gasteiger partial charge is 0.360 e. The summed E-state index contributed by atoms with van der Waals surface area (Å²) < 4.78 is 1.81. The van der Waals surface area contributed by atoms with E-state index in [0.29, 0.717) is 5.91 Å². The van der Waals surface area contributed by atoms with E-state index in [9.17, 15) is 4.79 Å². The van der Waals surface area contributed by atoms with Gasteiger partial charge in [0.2, 0.25) is 5.91 Å². The number of thiophene rings is 1. The third kappa shape index (κ3) is 4.17. The topological polar surface area (TPSA) is 53.4 Å². The van der Waals surface area contributed by atoms with Gasteiger partial charge in [-0.15, -0.1) is 36.2 Å². The van der Waals surface area contributed by atoms with Crippen LogP contribution in [-0.2, 0) is 11.8 Å². The molecule has 6 nitrogen and oxygen atoms in total. The van der Waals surface area contributed by atoms with Crippen molar-refractivity contribution >= 4 is 47.1 Å². The van der Waals surface area contributed by atoms with Gasteiger partial charge in [0, 0.05) is 58.4 Å². The molecule has 144 valence electrons. The molecule has 0 radical (unpaired) electrons. The number of hydrogen-bond donors (Lipinski definition) is 1. The molecular formula is C17H25Cl2N5OS. The van der Waals surface area contributed by atoms with Crippen molar-refractivity contribution in [2.24, 2.45) is 13.0 Å². The highest BCUT2D eigenvalue weighted by atomic mass is 35.5. The van der Waals surface area contributed by atoms with Crippen LogP contribution in [0.25, 0.3) is 0 Å². The third-order valence-corrected chi connectivity index (χ3v) is 6.02. The lowest BCUT2D eigenvalue weighted by molar-refractivity contribution is -0.135. The van der Waals surface area contributed by atoms with Gasteiger partial charge in [-0.1, -0.05) is 0 Å². The van der Waals surface area contributed by atoms with Crippen LogP contribution in [0.15, 0.2) is 29.9 Å². The summed E-state index contributed by atoms with van der Waals surface area (Å²) in [5.41, 5.74) is 1.16. The number of rotatable bonds is 3. The van der Waals surface area contributed by atoms with Gasteiger partial charge in [-0.05, 0) is 23.1 Å². The van der Waals surface area contributed by atoms with Crippen LogP contribution in [0.1, 0.15) is 11.5 Å². The van der Waals surface area contributed by atoms with Gasteiger partial charge in [-0.25, -0.2) is 0 Å². The maximum absolute atomic E-state index is 13.0. The normalized spacial score (nSPS) is 22.7. The standard InChI is InChI=1S/C17H23N5OS.2ClH/c1-20-12-13(9-19-20)14-10-18-11-15(14)17(23)22-6-4-21(5-7-22)16-3-2-8-24-16;;/h2-3,8-9,12,14-15,18H,4-7,10-11H2,1H3;2*1H/t14-,15+;;/m1../s1. The molecule has 0 unspecified atom stereocenters. The highest BCUT2D eigenvalue weighted by Crippen LogP contribution is 2.30. The number of carbonyl (C=O) groups is 1. The zero-order valence-electron chi connectivity index (χ0n) is 14.7. The van der Waals surface area contributed by atoms with Crippen molar-refractivity contribution in [1.29, 1.82) is 0 Å². The van der Waals surface area contributed by atoms with E-state index >= 15 is 0 Å². The Balaban J connectivity index is 0.00000121. The first kappa shape index (κ1) is 21.0. The van der Waals surface area contributed by atoms with Crippen LogP contribution in [0.5, 0.6) is 0 Å². The first-order valence-electron chi connectivity index (χ1n) is 8.49. The molecule has 0 aromatic carbocycles. The number of nitrogens with zero attached hydrogens (tertiary/aromatic N) is 4. The zero-order chi connectivity index (χ0) is 16.5. The van der Waals surface area contributed by atoms with E-state index in [4.69, 9.17) is 0 Å². The summed E-state index contributed by atoms with van der Waals surface area (Å²) >= 11 is 1.77. The molecule has 2 aliphatic heterocycles. The number of aryl methyl sites for hydroxylation is 1.